The molecular weight excluding hydrogens is 254 g/mol. The summed E-state index contributed by atoms with van der Waals surface area (Å²) in [7, 11) is 0. The maximum absolute atomic E-state index is 11.8. The lowest BCUT2D eigenvalue weighted by molar-refractivity contribution is -0.133. The molecule has 0 aromatic carbocycles. The quantitative estimate of drug-likeness (QED) is 0.778. The van der Waals surface area contributed by atoms with Gasteiger partial charge in [0.1, 0.15) is 0 Å². The third-order valence-corrected chi connectivity index (χ3v) is 3.50. The summed E-state index contributed by atoms with van der Waals surface area (Å²) in [4.78, 5) is 25.3. The molecule has 0 aromatic heterocycles. The SMILES string of the molecule is Cl.O=C(NCC(=O)N1CCCCC1)[C@@H]1CCCN1. The van der Waals surface area contributed by atoms with Gasteiger partial charge in [0.2, 0.25) is 11.8 Å². The fourth-order valence-corrected chi connectivity index (χ4v) is 2.45. The molecule has 0 unspecified atom stereocenters. The zero-order valence-electron chi connectivity index (χ0n) is 10.6. The van der Waals surface area contributed by atoms with Crippen molar-refractivity contribution in [3.05, 3.63) is 0 Å². The number of piperidine rings is 1. The van der Waals surface area contributed by atoms with E-state index in [1.165, 1.54) is 6.42 Å². The summed E-state index contributed by atoms with van der Waals surface area (Å²) in [5, 5.41) is 5.85. The molecule has 0 radical (unpaired) electrons. The van der Waals surface area contributed by atoms with Gasteiger partial charge in [0.05, 0.1) is 12.6 Å². The molecule has 2 aliphatic rings. The molecule has 6 heteroatoms. The summed E-state index contributed by atoms with van der Waals surface area (Å²) in [5.74, 6) is 0.0175. The summed E-state index contributed by atoms with van der Waals surface area (Å²) in [6.07, 6.45) is 5.30. The van der Waals surface area contributed by atoms with Crippen LogP contribution < -0.4 is 10.6 Å². The third kappa shape index (κ3) is 4.14. The van der Waals surface area contributed by atoms with Crippen LogP contribution in [0.25, 0.3) is 0 Å². The molecule has 0 saturated carbocycles. The normalized spacial score (nSPS) is 23.3. The van der Waals surface area contributed by atoms with Crippen molar-refractivity contribution in [1.82, 2.24) is 15.5 Å². The van der Waals surface area contributed by atoms with Gasteiger partial charge in [-0.15, -0.1) is 12.4 Å². The Hall–Kier alpha value is -0.810. The lowest BCUT2D eigenvalue weighted by Gasteiger charge is -2.26. The first-order valence-corrected chi connectivity index (χ1v) is 6.56. The van der Waals surface area contributed by atoms with E-state index in [-0.39, 0.29) is 36.8 Å². The minimum Gasteiger partial charge on any atom is -0.346 e. The van der Waals surface area contributed by atoms with E-state index in [1.54, 1.807) is 0 Å². The molecule has 0 aliphatic carbocycles. The predicted octanol–water partition coefficient (Wildman–Crippen LogP) is 0.289. The average Bonchev–Trinajstić information content (AvgIpc) is 2.90. The number of hydrogen-bond donors (Lipinski definition) is 2. The number of amides is 2. The second-order valence-corrected chi connectivity index (χ2v) is 4.81. The van der Waals surface area contributed by atoms with Crippen LogP contribution in [0.4, 0.5) is 0 Å². The Bertz CT molecular complexity index is 287. The van der Waals surface area contributed by atoms with Gasteiger partial charge in [-0.1, -0.05) is 0 Å². The minimum absolute atomic E-state index is 0. The molecule has 2 N–H and O–H groups in total. The average molecular weight is 276 g/mol. The number of carbonyl (C=O) groups excluding carboxylic acids is 2. The summed E-state index contributed by atoms with van der Waals surface area (Å²) in [5.41, 5.74) is 0. The minimum atomic E-state index is -0.0934. The van der Waals surface area contributed by atoms with Crippen molar-refractivity contribution in [2.75, 3.05) is 26.2 Å². The van der Waals surface area contributed by atoms with Crippen LogP contribution in [0, 0.1) is 0 Å². The van der Waals surface area contributed by atoms with E-state index in [0.717, 1.165) is 45.3 Å². The van der Waals surface area contributed by atoms with Crippen molar-refractivity contribution < 1.29 is 9.59 Å². The summed E-state index contributed by atoms with van der Waals surface area (Å²) in [6, 6.07) is -0.0934. The second kappa shape index (κ2) is 7.59. The van der Waals surface area contributed by atoms with Crippen LogP contribution in [0.15, 0.2) is 0 Å². The highest BCUT2D eigenvalue weighted by molar-refractivity contribution is 5.87. The molecule has 18 heavy (non-hydrogen) atoms. The van der Waals surface area contributed by atoms with Gasteiger partial charge in [-0.2, -0.15) is 0 Å². The Morgan fingerprint density at radius 2 is 1.89 bits per heavy atom. The molecule has 2 heterocycles. The molecule has 2 rings (SSSR count). The van der Waals surface area contributed by atoms with Crippen LogP contribution in [0.5, 0.6) is 0 Å². The summed E-state index contributed by atoms with van der Waals surface area (Å²) in [6.45, 7) is 2.74. The second-order valence-electron chi connectivity index (χ2n) is 4.81. The fourth-order valence-electron chi connectivity index (χ4n) is 2.45. The first-order chi connectivity index (χ1) is 8.27. The van der Waals surface area contributed by atoms with Gasteiger partial charge < -0.3 is 15.5 Å². The third-order valence-electron chi connectivity index (χ3n) is 3.50. The van der Waals surface area contributed by atoms with Crippen LogP contribution >= 0.6 is 12.4 Å². The van der Waals surface area contributed by atoms with E-state index in [9.17, 15) is 9.59 Å². The highest BCUT2D eigenvalue weighted by Crippen LogP contribution is 2.08. The van der Waals surface area contributed by atoms with E-state index in [4.69, 9.17) is 0 Å². The van der Waals surface area contributed by atoms with E-state index < -0.39 is 0 Å². The number of rotatable bonds is 3. The van der Waals surface area contributed by atoms with Crippen LogP contribution in [-0.2, 0) is 9.59 Å². The Labute approximate surface area is 114 Å². The van der Waals surface area contributed by atoms with Crippen molar-refractivity contribution in [2.45, 2.75) is 38.1 Å². The summed E-state index contributed by atoms with van der Waals surface area (Å²) >= 11 is 0. The number of hydrogen-bond acceptors (Lipinski definition) is 3. The van der Waals surface area contributed by atoms with Crippen molar-refractivity contribution in [1.29, 1.82) is 0 Å². The van der Waals surface area contributed by atoms with Gasteiger partial charge in [-0.3, -0.25) is 9.59 Å². The molecule has 2 saturated heterocycles. The molecule has 2 fully saturated rings. The Morgan fingerprint density at radius 1 is 1.17 bits per heavy atom. The molecular formula is C12H22ClN3O2. The predicted molar refractivity (Wildman–Crippen MR) is 71.7 cm³/mol. The Kier molecular flexibility index (Phi) is 6.43. The highest BCUT2D eigenvalue weighted by atomic mass is 35.5. The smallest absolute Gasteiger partial charge is 0.241 e. The molecule has 2 aliphatic heterocycles. The fraction of sp³-hybridized carbons (Fsp3) is 0.833. The van der Waals surface area contributed by atoms with E-state index in [2.05, 4.69) is 10.6 Å². The van der Waals surface area contributed by atoms with Crippen LogP contribution in [0.1, 0.15) is 32.1 Å². The molecule has 104 valence electrons. The zero-order valence-corrected chi connectivity index (χ0v) is 11.4. The molecule has 0 bridgehead atoms. The van der Waals surface area contributed by atoms with Gasteiger partial charge in [-0.25, -0.2) is 0 Å². The van der Waals surface area contributed by atoms with Gasteiger partial charge in [0.25, 0.3) is 0 Å². The van der Waals surface area contributed by atoms with E-state index in [1.807, 2.05) is 4.90 Å². The van der Waals surface area contributed by atoms with Crippen molar-refractivity contribution >= 4 is 24.2 Å². The first kappa shape index (κ1) is 15.2. The number of nitrogens with zero attached hydrogens (tertiary/aromatic N) is 1. The maximum Gasteiger partial charge on any atom is 0.241 e. The first-order valence-electron chi connectivity index (χ1n) is 6.56. The maximum atomic E-state index is 11.8. The molecule has 5 nitrogen and oxygen atoms in total. The van der Waals surface area contributed by atoms with Crippen LogP contribution in [-0.4, -0.2) is 48.9 Å². The Balaban J connectivity index is 0.00000162. The number of nitrogens with one attached hydrogen (secondary N) is 2. The largest absolute Gasteiger partial charge is 0.346 e. The topological polar surface area (TPSA) is 61.4 Å². The van der Waals surface area contributed by atoms with Crippen molar-refractivity contribution in [3.8, 4) is 0 Å². The number of halogens is 1. The standard InChI is InChI=1S/C12H21N3O2.ClH/c16-11(15-7-2-1-3-8-15)9-14-12(17)10-5-4-6-13-10;/h10,13H,1-9H2,(H,14,17);1H/t10-;/m0./s1. The lowest BCUT2D eigenvalue weighted by Crippen LogP contribution is -2.46. The van der Waals surface area contributed by atoms with Crippen LogP contribution in [0.2, 0.25) is 0 Å². The monoisotopic (exact) mass is 275 g/mol. The van der Waals surface area contributed by atoms with Crippen LogP contribution in [0.3, 0.4) is 0 Å². The highest BCUT2D eigenvalue weighted by Gasteiger charge is 2.23. The lowest BCUT2D eigenvalue weighted by atomic mass is 10.1. The molecule has 1 atom stereocenters. The number of likely N-dealkylation sites (tertiary alicyclic amines) is 1. The van der Waals surface area contributed by atoms with Gasteiger partial charge in [-0.05, 0) is 38.6 Å². The van der Waals surface area contributed by atoms with E-state index in [0.29, 0.717) is 0 Å². The molecule has 0 aromatic rings. The van der Waals surface area contributed by atoms with Gasteiger partial charge >= 0.3 is 0 Å². The number of carbonyl (C=O) groups is 2. The summed E-state index contributed by atoms with van der Waals surface area (Å²) < 4.78 is 0. The van der Waals surface area contributed by atoms with Crippen molar-refractivity contribution in [3.63, 3.8) is 0 Å². The van der Waals surface area contributed by atoms with Gasteiger partial charge in [0.15, 0.2) is 0 Å². The van der Waals surface area contributed by atoms with Crippen molar-refractivity contribution in [2.24, 2.45) is 0 Å². The molecule has 2 amide bonds. The Morgan fingerprint density at radius 3 is 2.50 bits per heavy atom. The zero-order chi connectivity index (χ0) is 12.1. The molecule has 0 spiro atoms. The van der Waals surface area contributed by atoms with Gasteiger partial charge in [0, 0.05) is 13.1 Å². The van der Waals surface area contributed by atoms with E-state index >= 15 is 0 Å².